The molecule has 142 valence electrons. The Balaban J connectivity index is 1.77. The van der Waals surface area contributed by atoms with Crippen LogP contribution >= 0.6 is 0 Å². The van der Waals surface area contributed by atoms with E-state index < -0.39 is 0 Å². The van der Waals surface area contributed by atoms with Crippen LogP contribution in [0.1, 0.15) is 6.42 Å². The molecule has 3 aromatic rings. The van der Waals surface area contributed by atoms with Crippen LogP contribution in [0.25, 0.3) is 16.9 Å². The summed E-state index contributed by atoms with van der Waals surface area (Å²) in [4.78, 5) is 14.1. The van der Waals surface area contributed by atoms with Crippen molar-refractivity contribution in [3.05, 3.63) is 36.7 Å². The van der Waals surface area contributed by atoms with Crippen LogP contribution in [0.3, 0.4) is 0 Å². The molecule has 1 fully saturated rings. The molecular formula is C20H25N5O2. The summed E-state index contributed by atoms with van der Waals surface area (Å²) in [6.07, 6.45) is 4.92. The number of nitrogens with zero attached hydrogens (tertiary/aromatic N) is 5. The van der Waals surface area contributed by atoms with Crippen LogP contribution in [0.5, 0.6) is 11.5 Å². The molecule has 0 saturated carbocycles. The number of likely N-dealkylation sites (N-methyl/N-ethyl adjacent to an activating group) is 1. The van der Waals surface area contributed by atoms with Crippen LogP contribution in [0.15, 0.2) is 36.7 Å². The fourth-order valence-electron chi connectivity index (χ4n) is 3.62. The van der Waals surface area contributed by atoms with Crippen molar-refractivity contribution in [2.75, 3.05) is 46.3 Å². The van der Waals surface area contributed by atoms with Crippen LogP contribution in [0.2, 0.25) is 0 Å². The Kier molecular flexibility index (Phi) is 4.61. The van der Waals surface area contributed by atoms with Gasteiger partial charge in [0.25, 0.3) is 0 Å². The average Bonchev–Trinajstić information content (AvgIpc) is 3.36. The summed E-state index contributed by atoms with van der Waals surface area (Å²) in [5, 5.41) is 0. The maximum absolute atomic E-state index is 5.45. The van der Waals surface area contributed by atoms with Gasteiger partial charge in [0, 0.05) is 43.2 Å². The summed E-state index contributed by atoms with van der Waals surface area (Å²) in [6.45, 7) is 1.95. The Labute approximate surface area is 159 Å². The van der Waals surface area contributed by atoms with Gasteiger partial charge in [-0.15, -0.1) is 0 Å². The maximum atomic E-state index is 5.45. The molecule has 4 rings (SSSR count). The summed E-state index contributed by atoms with van der Waals surface area (Å²) < 4.78 is 12.9. The van der Waals surface area contributed by atoms with Crippen molar-refractivity contribution in [3.8, 4) is 22.8 Å². The highest BCUT2D eigenvalue weighted by molar-refractivity contribution is 5.69. The minimum atomic E-state index is 0.537. The molecule has 1 aromatic carbocycles. The molecule has 0 amide bonds. The number of anilines is 1. The quantitative estimate of drug-likeness (QED) is 0.691. The number of ether oxygens (including phenoxy) is 2. The first-order chi connectivity index (χ1) is 13.1. The highest BCUT2D eigenvalue weighted by Gasteiger charge is 2.27. The number of hydrogen-bond donors (Lipinski definition) is 0. The number of methoxy groups -OCH3 is 2. The summed E-state index contributed by atoms with van der Waals surface area (Å²) >= 11 is 0. The Morgan fingerprint density at radius 2 is 1.93 bits per heavy atom. The molecule has 2 aromatic heterocycles. The Morgan fingerprint density at radius 3 is 2.63 bits per heavy atom. The molecule has 0 spiro atoms. The largest absolute Gasteiger partial charge is 0.493 e. The van der Waals surface area contributed by atoms with Crippen molar-refractivity contribution in [1.82, 2.24) is 19.3 Å². The van der Waals surface area contributed by atoms with Gasteiger partial charge >= 0.3 is 0 Å². The van der Waals surface area contributed by atoms with Gasteiger partial charge in [-0.3, -0.25) is 4.40 Å². The topological polar surface area (TPSA) is 55.1 Å². The zero-order valence-corrected chi connectivity index (χ0v) is 16.2. The summed E-state index contributed by atoms with van der Waals surface area (Å²) in [7, 11) is 7.55. The first-order valence-corrected chi connectivity index (χ1v) is 9.08. The predicted molar refractivity (Wildman–Crippen MR) is 106 cm³/mol. The first-order valence-electron chi connectivity index (χ1n) is 9.08. The lowest BCUT2D eigenvalue weighted by atomic mass is 10.1. The molecule has 1 saturated heterocycles. The van der Waals surface area contributed by atoms with Crippen molar-refractivity contribution >= 4 is 11.6 Å². The molecule has 7 heteroatoms. The van der Waals surface area contributed by atoms with E-state index in [4.69, 9.17) is 14.5 Å². The molecular weight excluding hydrogens is 342 g/mol. The zero-order valence-electron chi connectivity index (χ0n) is 16.2. The van der Waals surface area contributed by atoms with Gasteiger partial charge in [0.15, 0.2) is 11.5 Å². The van der Waals surface area contributed by atoms with E-state index in [0.717, 1.165) is 42.4 Å². The van der Waals surface area contributed by atoms with E-state index in [1.54, 1.807) is 14.2 Å². The third kappa shape index (κ3) is 3.19. The fourth-order valence-corrected chi connectivity index (χ4v) is 3.62. The normalized spacial score (nSPS) is 17.1. The summed E-state index contributed by atoms with van der Waals surface area (Å²) in [5.41, 5.74) is 2.74. The van der Waals surface area contributed by atoms with Gasteiger partial charge in [-0.2, -0.15) is 0 Å². The number of imidazole rings is 1. The molecule has 0 aliphatic carbocycles. The molecule has 0 radical (unpaired) electrons. The number of fused-ring (bicyclic) bond motifs is 1. The van der Waals surface area contributed by atoms with Gasteiger partial charge in [-0.1, -0.05) is 0 Å². The molecule has 7 nitrogen and oxygen atoms in total. The number of benzene rings is 1. The summed E-state index contributed by atoms with van der Waals surface area (Å²) in [6, 6.07) is 8.40. The van der Waals surface area contributed by atoms with Crippen LogP contribution in [-0.2, 0) is 0 Å². The van der Waals surface area contributed by atoms with E-state index in [0.29, 0.717) is 17.5 Å². The average molecular weight is 367 g/mol. The van der Waals surface area contributed by atoms with E-state index in [1.165, 1.54) is 0 Å². The first kappa shape index (κ1) is 17.6. The number of hydrogen-bond acceptors (Lipinski definition) is 6. The molecule has 1 atom stereocenters. The van der Waals surface area contributed by atoms with E-state index >= 15 is 0 Å². The second-order valence-electron chi connectivity index (χ2n) is 7.02. The number of aromatic nitrogens is 3. The van der Waals surface area contributed by atoms with Gasteiger partial charge in [0.1, 0.15) is 5.65 Å². The Bertz CT molecular complexity index is 953. The van der Waals surface area contributed by atoms with Crippen molar-refractivity contribution in [3.63, 3.8) is 0 Å². The minimum Gasteiger partial charge on any atom is -0.493 e. The molecule has 1 unspecified atom stereocenters. The molecule has 0 bridgehead atoms. The zero-order chi connectivity index (χ0) is 19.0. The standard InChI is InChI=1S/C20H25N5O2/c1-23(2)15-7-9-24(13-15)20-22-16(12-19-21-8-10-25(19)20)14-5-6-17(26-3)18(11-14)27-4/h5-6,8,10-12,15H,7,9,13H2,1-4H3. The highest BCUT2D eigenvalue weighted by atomic mass is 16.5. The van der Waals surface area contributed by atoms with E-state index in [9.17, 15) is 0 Å². The molecule has 1 aliphatic rings. The second-order valence-corrected chi connectivity index (χ2v) is 7.02. The van der Waals surface area contributed by atoms with E-state index in [1.807, 2.05) is 36.7 Å². The molecule has 3 heterocycles. The van der Waals surface area contributed by atoms with Crippen molar-refractivity contribution in [2.45, 2.75) is 12.5 Å². The Morgan fingerprint density at radius 1 is 1.11 bits per heavy atom. The lowest BCUT2D eigenvalue weighted by Crippen LogP contribution is -2.32. The van der Waals surface area contributed by atoms with Gasteiger partial charge in [-0.05, 0) is 38.7 Å². The molecule has 0 N–H and O–H groups in total. The second kappa shape index (κ2) is 7.08. The van der Waals surface area contributed by atoms with E-state index in [2.05, 4.69) is 33.3 Å². The fraction of sp³-hybridized carbons (Fsp3) is 0.400. The lowest BCUT2D eigenvalue weighted by molar-refractivity contribution is 0.315. The van der Waals surface area contributed by atoms with Crippen LogP contribution in [0.4, 0.5) is 5.95 Å². The van der Waals surface area contributed by atoms with Gasteiger partial charge in [-0.25, -0.2) is 9.97 Å². The van der Waals surface area contributed by atoms with Crippen molar-refractivity contribution in [2.24, 2.45) is 0 Å². The SMILES string of the molecule is COc1ccc(-c2cc3nccn3c(N3CCC(N(C)C)C3)n2)cc1OC. The highest BCUT2D eigenvalue weighted by Crippen LogP contribution is 2.33. The van der Waals surface area contributed by atoms with Gasteiger partial charge < -0.3 is 19.3 Å². The van der Waals surface area contributed by atoms with Gasteiger partial charge in [0.05, 0.1) is 19.9 Å². The van der Waals surface area contributed by atoms with Crippen LogP contribution < -0.4 is 14.4 Å². The van der Waals surface area contributed by atoms with Crippen molar-refractivity contribution in [1.29, 1.82) is 0 Å². The van der Waals surface area contributed by atoms with Crippen LogP contribution in [0, 0.1) is 0 Å². The molecule has 1 aliphatic heterocycles. The van der Waals surface area contributed by atoms with Gasteiger partial charge in [0.2, 0.25) is 5.95 Å². The monoisotopic (exact) mass is 367 g/mol. The molecule has 27 heavy (non-hydrogen) atoms. The summed E-state index contributed by atoms with van der Waals surface area (Å²) in [5.74, 6) is 2.33. The minimum absolute atomic E-state index is 0.537. The van der Waals surface area contributed by atoms with Crippen LogP contribution in [-0.4, -0.2) is 66.7 Å². The predicted octanol–water partition coefficient (Wildman–Crippen LogP) is 2.55. The lowest BCUT2D eigenvalue weighted by Gasteiger charge is -2.22. The van der Waals surface area contributed by atoms with E-state index in [-0.39, 0.29) is 0 Å². The number of rotatable bonds is 5. The Hall–Kier alpha value is -2.80. The third-order valence-corrected chi connectivity index (χ3v) is 5.23. The van der Waals surface area contributed by atoms with Crippen molar-refractivity contribution < 1.29 is 9.47 Å². The third-order valence-electron chi connectivity index (χ3n) is 5.23. The maximum Gasteiger partial charge on any atom is 0.211 e. The smallest absolute Gasteiger partial charge is 0.211 e.